The maximum absolute atomic E-state index is 13.1. The smallest absolute Gasteiger partial charge is 0.253 e. The molecule has 0 aliphatic carbocycles. The van der Waals surface area contributed by atoms with Crippen molar-refractivity contribution in [2.45, 2.75) is 12.8 Å². The molecular weight excluding hydrogens is 397 g/mol. The Labute approximate surface area is 182 Å². The van der Waals surface area contributed by atoms with Crippen LogP contribution in [0.5, 0.6) is 5.75 Å². The van der Waals surface area contributed by atoms with E-state index in [1.807, 2.05) is 23.1 Å². The number of methoxy groups -OCH3 is 1. The number of hydrogen-bond donors (Lipinski definition) is 0. The van der Waals surface area contributed by atoms with Crippen molar-refractivity contribution in [3.8, 4) is 5.75 Å². The molecule has 0 unspecified atom stereocenters. The molecule has 31 heavy (non-hydrogen) atoms. The van der Waals surface area contributed by atoms with E-state index in [1.165, 1.54) is 24.3 Å². The number of amides is 2. The van der Waals surface area contributed by atoms with Crippen LogP contribution in [0.4, 0.5) is 10.1 Å². The molecule has 2 aliphatic heterocycles. The second kappa shape index (κ2) is 9.37. The third kappa shape index (κ3) is 4.81. The Morgan fingerprint density at radius 1 is 0.903 bits per heavy atom. The van der Waals surface area contributed by atoms with Crippen molar-refractivity contribution in [1.29, 1.82) is 0 Å². The first-order valence-electron chi connectivity index (χ1n) is 10.8. The van der Waals surface area contributed by atoms with Crippen LogP contribution in [-0.4, -0.2) is 68.0 Å². The first-order chi connectivity index (χ1) is 15.0. The van der Waals surface area contributed by atoms with Gasteiger partial charge in [-0.3, -0.25) is 9.59 Å². The Bertz CT molecular complexity index is 918. The van der Waals surface area contributed by atoms with Crippen molar-refractivity contribution >= 4 is 17.5 Å². The van der Waals surface area contributed by atoms with Gasteiger partial charge >= 0.3 is 0 Å². The van der Waals surface area contributed by atoms with Crippen molar-refractivity contribution in [2.24, 2.45) is 5.92 Å². The monoisotopic (exact) mass is 425 g/mol. The standard InChI is InChI=1S/C24H28FN3O3/c1-31-22-4-2-3-21(17-22)26-13-15-28(16-14-26)24(30)19-9-11-27(12-10-19)23(29)18-5-7-20(25)8-6-18/h2-8,17,19H,9-16H2,1H3. The number of piperazine rings is 1. The summed E-state index contributed by atoms with van der Waals surface area (Å²) < 4.78 is 18.4. The molecule has 7 heteroatoms. The number of anilines is 1. The van der Waals surface area contributed by atoms with Crippen LogP contribution >= 0.6 is 0 Å². The number of hydrogen-bond acceptors (Lipinski definition) is 4. The van der Waals surface area contributed by atoms with Gasteiger partial charge in [-0.1, -0.05) is 6.07 Å². The molecule has 2 aromatic rings. The van der Waals surface area contributed by atoms with Gasteiger partial charge in [0.2, 0.25) is 5.91 Å². The van der Waals surface area contributed by atoms with Crippen LogP contribution in [0.1, 0.15) is 23.2 Å². The highest BCUT2D eigenvalue weighted by molar-refractivity contribution is 5.94. The number of benzene rings is 2. The van der Waals surface area contributed by atoms with Gasteiger partial charge in [0.25, 0.3) is 5.91 Å². The van der Waals surface area contributed by atoms with E-state index in [9.17, 15) is 14.0 Å². The summed E-state index contributed by atoms with van der Waals surface area (Å²) >= 11 is 0. The largest absolute Gasteiger partial charge is 0.497 e. The fourth-order valence-corrected chi connectivity index (χ4v) is 4.35. The van der Waals surface area contributed by atoms with Crippen molar-refractivity contribution in [3.63, 3.8) is 0 Å². The Kier molecular flexibility index (Phi) is 6.39. The molecule has 0 N–H and O–H groups in total. The normalized spacial score (nSPS) is 17.5. The lowest BCUT2D eigenvalue weighted by atomic mass is 9.94. The van der Waals surface area contributed by atoms with Gasteiger partial charge in [-0.2, -0.15) is 0 Å². The first kappa shape index (κ1) is 21.2. The summed E-state index contributed by atoms with van der Waals surface area (Å²) in [6.07, 6.45) is 1.34. The molecule has 0 atom stereocenters. The lowest BCUT2D eigenvalue weighted by molar-refractivity contribution is -0.137. The Morgan fingerprint density at radius 3 is 2.23 bits per heavy atom. The van der Waals surface area contributed by atoms with Crippen molar-refractivity contribution in [3.05, 3.63) is 59.9 Å². The van der Waals surface area contributed by atoms with Crippen LogP contribution in [0.2, 0.25) is 0 Å². The molecule has 0 saturated carbocycles. The number of piperidine rings is 1. The number of carbonyl (C=O) groups is 2. The SMILES string of the molecule is COc1cccc(N2CCN(C(=O)C3CCN(C(=O)c4ccc(F)cc4)CC3)CC2)c1. The fraction of sp³-hybridized carbons (Fsp3) is 0.417. The molecule has 0 bridgehead atoms. The van der Waals surface area contributed by atoms with Gasteiger partial charge in [-0.15, -0.1) is 0 Å². The first-order valence-corrected chi connectivity index (χ1v) is 10.8. The highest BCUT2D eigenvalue weighted by Crippen LogP contribution is 2.25. The lowest BCUT2D eigenvalue weighted by Gasteiger charge is -2.39. The molecule has 2 aromatic carbocycles. The molecule has 2 heterocycles. The average molecular weight is 426 g/mol. The summed E-state index contributed by atoms with van der Waals surface area (Å²) in [4.78, 5) is 31.6. The fourth-order valence-electron chi connectivity index (χ4n) is 4.35. The van der Waals surface area contributed by atoms with Crippen LogP contribution in [0.15, 0.2) is 48.5 Å². The number of likely N-dealkylation sites (tertiary alicyclic amines) is 1. The second-order valence-electron chi connectivity index (χ2n) is 8.09. The van der Waals surface area contributed by atoms with E-state index >= 15 is 0 Å². The maximum Gasteiger partial charge on any atom is 0.253 e. The van der Waals surface area contributed by atoms with Gasteiger partial charge in [0.05, 0.1) is 7.11 Å². The van der Waals surface area contributed by atoms with Gasteiger partial charge in [0, 0.05) is 62.5 Å². The maximum atomic E-state index is 13.1. The quantitative estimate of drug-likeness (QED) is 0.756. The topological polar surface area (TPSA) is 53.1 Å². The molecule has 2 amide bonds. The predicted octanol–water partition coefficient (Wildman–Crippen LogP) is 3.04. The number of carbonyl (C=O) groups excluding carboxylic acids is 2. The van der Waals surface area contributed by atoms with Crippen LogP contribution in [-0.2, 0) is 4.79 Å². The molecular formula is C24H28FN3O3. The minimum Gasteiger partial charge on any atom is -0.497 e. The zero-order chi connectivity index (χ0) is 21.8. The minimum atomic E-state index is -0.354. The van der Waals surface area contributed by atoms with Gasteiger partial charge in [-0.25, -0.2) is 4.39 Å². The second-order valence-corrected chi connectivity index (χ2v) is 8.09. The van der Waals surface area contributed by atoms with Crippen LogP contribution in [0.3, 0.4) is 0 Å². The highest BCUT2D eigenvalue weighted by Gasteiger charge is 2.32. The van der Waals surface area contributed by atoms with Crippen LogP contribution < -0.4 is 9.64 Å². The van der Waals surface area contributed by atoms with E-state index in [2.05, 4.69) is 11.0 Å². The number of rotatable bonds is 4. The summed E-state index contributed by atoms with van der Waals surface area (Å²) in [6.45, 7) is 4.09. The number of nitrogens with zero attached hydrogens (tertiary/aromatic N) is 3. The van der Waals surface area contributed by atoms with E-state index in [1.54, 1.807) is 12.0 Å². The van der Waals surface area contributed by atoms with E-state index in [0.717, 1.165) is 24.5 Å². The number of halogens is 1. The van der Waals surface area contributed by atoms with E-state index in [-0.39, 0.29) is 23.5 Å². The van der Waals surface area contributed by atoms with Gasteiger partial charge in [-0.05, 0) is 49.2 Å². The van der Waals surface area contributed by atoms with Crippen molar-refractivity contribution in [2.75, 3.05) is 51.3 Å². The predicted molar refractivity (Wildman–Crippen MR) is 117 cm³/mol. The summed E-state index contributed by atoms with van der Waals surface area (Å²) in [5.74, 6) is 0.530. The minimum absolute atomic E-state index is 0.0411. The Morgan fingerprint density at radius 2 is 1.58 bits per heavy atom. The van der Waals surface area contributed by atoms with Crippen LogP contribution in [0, 0.1) is 11.7 Å². The summed E-state index contributed by atoms with van der Waals surface area (Å²) in [7, 11) is 1.66. The zero-order valence-corrected chi connectivity index (χ0v) is 17.8. The summed E-state index contributed by atoms with van der Waals surface area (Å²) in [5, 5.41) is 0. The van der Waals surface area contributed by atoms with Crippen LogP contribution in [0.25, 0.3) is 0 Å². The molecule has 6 nitrogen and oxygen atoms in total. The van der Waals surface area contributed by atoms with Crippen molar-refractivity contribution in [1.82, 2.24) is 9.80 Å². The average Bonchev–Trinajstić information content (AvgIpc) is 2.84. The van der Waals surface area contributed by atoms with Gasteiger partial charge < -0.3 is 19.4 Å². The van der Waals surface area contributed by atoms with Gasteiger partial charge in [0.15, 0.2) is 0 Å². The number of ether oxygens (including phenoxy) is 1. The molecule has 0 radical (unpaired) electrons. The third-order valence-electron chi connectivity index (χ3n) is 6.23. The molecule has 4 rings (SSSR count). The van der Waals surface area contributed by atoms with Gasteiger partial charge in [0.1, 0.15) is 11.6 Å². The molecule has 164 valence electrons. The van der Waals surface area contributed by atoms with E-state index in [4.69, 9.17) is 4.74 Å². The van der Waals surface area contributed by atoms with E-state index in [0.29, 0.717) is 44.6 Å². The summed E-state index contributed by atoms with van der Waals surface area (Å²) in [5.41, 5.74) is 1.60. The highest BCUT2D eigenvalue weighted by atomic mass is 19.1. The lowest BCUT2D eigenvalue weighted by Crippen LogP contribution is -2.52. The molecule has 0 spiro atoms. The molecule has 2 saturated heterocycles. The Hall–Kier alpha value is -3.09. The third-order valence-corrected chi connectivity index (χ3v) is 6.23. The summed E-state index contributed by atoms with van der Waals surface area (Å²) in [6, 6.07) is 13.6. The van der Waals surface area contributed by atoms with E-state index < -0.39 is 0 Å². The zero-order valence-electron chi connectivity index (χ0n) is 17.8. The molecule has 2 fully saturated rings. The molecule has 2 aliphatic rings. The van der Waals surface area contributed by atoms with Crippen molar-refractivity contribution < 1.29 is 18.7 Å². The molecule has 0 aromatic heterocycles. The Balaban J connectivity index is 1.27.